The van der Waals surface area contributed by atoms with Crippen LogP contribution in [-0.4, -0.2) is 32.0 Å². The van der Waals surface area contributed by atoms with Gasteiger partial charge in [0, 0.05) is 12.1 Å². The molecule has 32 heavy (non-hydrogen) atoms. The van der Waals surface area contributed by atoms with E-state index in [2.05, 4.69) is 15.4 Å². The Morgan fingerprint density at radius 1 is 1.03 bits per heavy atom. The summed E-state index contributed by atoms with van der Waals surface area (Å²) < 4.78 is 32.8. The highest BCUT2D eigenvalue weighted by Crippen LogP contribution is 2.21. The maximum absolute atomic E-state index is 12.7. The van der Waals surface area contributed by atoms with E-state index in [1.807, 2.05) is 32.9 Å². The number of hydrogen-bond donors (Lipinski definition) is 3. The third-order valence-corrected chi connectivity index (χ3v) is 5.91. The van der Waals surface area contributed by atoms with Gasteiger partial charge < -0.3 is 15.4 Å². The summed E-state index contributed by atoms with van der Waals surface area (Å²) in [5.41, 5.74) is 2.88. The van der Waals surface area contributed by atoms with E-state index in [-0.39, 0.29) is 22.8 Å². The summed E-state index contributed by atoms with van der Waals surface area (Å²) in [5.74, 6) is -0.861. The second kappa shape index (κ2) is 11.6. The van der Waals surface area contributed by atoms with E-state index < -0.39 is 21.9 Å². The fourth-order valence-electron chi connectivity index (χ4n) is 2.70. The molecule has 0 saturated carbocycles. The lowest BCUT2D eigenvalue weighted by atomic mass is 10.1. The van der Waals surface area contributed by atoms with Gasteiger partial charge in [-0.15, -0.1) is 0 Å². The molecule has 0 aromatic heterocycles. The van der Waals surface area contributed by atoms with Crippen molar-refractivity contribution in [1.82, 2.24) is 5.32 Å². The average molecular weight is 478 g/mol. The van der Waals surface area contributed by atoms with Crippen LogP contribution in [0, 0.1) is 13.8 Å². The Balaban J connectivity index is 1.90. The summed E-state index contributed by atoms with van der Waals surface area (Å²) >= 11 is 5.09. The van der Waals surface area contributed by atoms with Gasteiger partial charge in [-0.25, -0.2) is 8.42 Å². The standard InChI is InChI=1S/C22H27N3O5S2/c1-4-13-30-21(27)12-11-20(26)24-22(31)23-17-6-8-18(9-7-17)32(28,29)25-19-10-5-15(2)14-16(19)3/h5-10,14,25H,4,11-13H2,1-3H3,(H2,23,24,26,31). The Morgan fingerprint density at radius 3 is 2.34 bits per heavy atom. The SMILES string of the molecule is CCCOC(=O)CCC(=O)NC(=S)Nc1ccc(S(=O)(=O)Nc2ccc(C)cc2C)cc1. The van der Waals surface area contributed by atoms with Crippen LogP contribution < -0.4 is 15.4 Å². The van der Waals surface area contributed by atoms with Gasteiger partial charge in [-0.2, -0.15) is 0 Å². The molecule has 0 fully saturated rings. The molecule has 0 spiro atoms. The number of nitrogens with one attached hydrogen (secondary N) is 3. The van der Waals surface area contributed by atoms with E-state index in [0.717, 1.165) is 11.1 Å². The van der Waals surface area contributed by atoms with Crippen LogP contribution in [0.3, 0.4) is 0 Å². The number of ether oxygens (including phenoxy) is 1. The molecular weight excluding hydrogens is 450 g/mol. The minimum Gasteiger partial charge on any atom is -0.466 e. The van der Waals surface area contributed by atoms with Gasteiger partial charge in [0.2, 0.25) is 5.91 Å². The van der Waals surface area contributed by atoms with Crippen LogP contribution in [0.5, 0.6) is 0 Å². The van der Waals surface area contributed by atoms with Crippen molar-refractivity contribution < 1.29 is 22.7 Å². The van der Waals surface area contributed by atoms with E-state index >= 15 is 0 Å². The van der Waals surface area contributed by atoms with Crippen LogP contribution in [0.4, 0.5) is 11.4 Å². The molecule has 10 heteroatoms. The lowest BCUT2D eigenvalue weighted by molar-refractivity contribution is -0.144. The van der Waals surface area contributed by atoms with Crippen LogP contribution >= 0.6 is 12.2 Å². The van der Waals surface area contributed by atoms with Crippen molar-refractivity contribution in [3.63, 3.8) is 0 Å². The van der Waals surface area contributed by atoms with E-state index in [1.54, 1.807) is 6.07 Å². The maximum atomic E-state index is 12.7. The van der Waals surface area contributed by atoms with Crippen molar-refractivity contribution >= 4 is 50.6 Å². The summed E-state index contributed by atoms with van der Waals surface area (Å²) in [5, 5.41) is 5.32. The lowest BCUT2D eigenvalue weighted by Gasteiger charge is -2.12. The highest BCUT2D eigenvalue weighted by atomic mass is 32.2. The molecule has 0 unspecified atom stereocenters. The van der Waals surface area contributed by atoms with Gasteiger partial charge in [-0.3, -0.25) is 14.3 Å². The Bertz CT molecular complexity index is 1080. The molecule has 1 amide bonds. The Morgan fingerprint density at radius 2 is 1.72 bits per heavy atom. The molecule has 8 nitrogen and oxygen atoms in total. The zero-order chi connectivity index (χ0) is 23.7. The number of esters is 1. The van der Waals surface area contributed by atoms with Gasteiger partial charge in [0.1, 0.15) is 0 Å². The van der Waals surface area contributed by atoms with Crippen molar-refractivity contribution in [2.75, 3.05) is 16.6 Å². The summed E-state index contributed by atoms with van der Waals surface area (Å²) in [6.45, 7) is 5.98. The highest BCUT2D eigenvalue weighted by molar-refractivity contribution is 7.92. The number of rotatable bonds is 9. The van der Waals surface area contributed by atoms with Crippen LogP contribution in [0.15, 0.2) is 47.4 Å². The van der Waals surface area contributed by atoms with Crippen molar-refractivity contribution in [2.24, 2.45) is 0 Å². The van der Waals surface area contributed by atoms with E-state index in [1.165, 1.54) is 24.3 Å². The van der Waals surface area contributed by atoms with Crippen LogP contribution in [0.25, 0.3) is 0 Å². The molecular formula is C22H27N3O5S2. The number of anilines is 2. The van der Waals surface area contributed by atoms with E-state index in [0.29, 0.717) is 24.4 Å². The summed E-state index contributed by atoms with van der Waals surface area (Å²) in [7, 11) is -3.76. The van der Waals surface area contributed by atoms with Gasteiger partial charge in [-0.1, -0.05) is 24.6 Å². The normalized spacial score (nSPS) is 10.8. The van der Waals surface area contributed by atoms with Crippen molar-refractivity contribution in [3.05, 3.63) is 53.6 Å². The predicted molar refractivity (Wildman–Crippen MR) is 128 cm³/mol. The molecule has 3 N–H and O–H groups in total. The number of aryl methyl sites for hydroxylation is 2. The van der Waals surface area contributed by atoms with Gasteiger partial charge >= 0.3 is 5.97 Å². The minimum atomic E-state index is -3.76. The Hall–Kier alpha value is -2.98. The largest absolute Gasteiger partial charge is 0.466 e. The fraction of sp³-hybridized carbons (Fsp3) is 0.318. The molecule has 0 saturated heterocycles. The summed E-state index contributed by atoms with van der Waals surface area (Å²) in [6, 6.07) is 11.4. The molecule has 0 aliphatic carbocycles. The zero-order valence-electron chi connectivity index (χ0n) is 18.2. The third kappa shape index (κ3) is 7.93. The molecule has 0 bridgehead atoms. The first-order valence-corrected chi connectivity index (χ1v) is 12.0. The van der Waals surface area contributed by atoms with E-state index in [4.69, 9.17) is 17.0 Å². The first kappa shape index (κ1) is 25.3. The molecule has 2 rings (SSSR count). The van der Waals surface area contributed by atoms with Crippen molar-refractivity contribution in [3.8, 4) is 0 Å². The predicted octanol–water partition coefficient (Wildman–Crippen LogP) is 3.65. The molecule has 0 aliphatic heterocycles. The second-order valence-electron chi connectivity index (χ2n) is 7.17. The third-order valence-electron chi connectivity index (χ3n) is 4.33. The first-order valence-electron chi connectivity index (χ1n) is 10.1. The number of thiocarbonyl (C=S) groups is 1. The number of sulfonamides is 1. The lowest BCUT2D eigenvalue weighted by Crippen LogP contribution is -2.34. The Labute approximate surface area is 193 Å². The average Bonchev–Trinajstić information content (AvgIpc) is 2.73. The maximum Gasteiger partial charge on any atom is 0.306 e. The topological polar surface area (TPSA) is 114 Å². The van der Waals surface area contributed by atoms with Crippen molar-refractivity contribution in [2.45, 2.75) is 44.9 Å². The fourth-order valence-corrected chi connectivity index (χ4v) is 4.07. The molecule has 172 valence electrons. The number of amides is 1. The number of carbonyl (C=O) groups is 2. The minimum absolute atomic E-state index is 0.0333. The zero-order valence-corrected chi connectivity index (χ0v) is 19.9. The van der Waals surface area contributed by atoms with Crippen LogP contribution in [-0.2, 0) is 24.3 Å². The molecule has 0 heterocycles. The van der Waals surface area contributed by atoms with Gasteiger partial charge in [-0.05, 0) is 68.4 Å². The van der Waals surface area contributed by atoms with Gasteiger partial charge in [0.15, 0.2) is 5.11 Å². The van der Waals surface area contributed by atoms with Gasteiger partial charge in [0.25, 0.3) is 10.0 Å². The van der Waals surface area contributed by atoms with Crippen molar-refractivity contribution in [1.29, 1.82) is 0 Å². The summed E-state index contributed by atoms with van der Waals surface area (Å²) in [4.78, 5) is 23.4. The second-order valence-corrected chi connectivity index (χ2v) is 9.26. The Kier molecular flexibility index (Phi) is 9.15. The number of benzene rings is 2. The monoisotopic (exact) mass is 477 g/mol. The quantitative estimate of drug-likeness (QED) is 0.373. The van der Waals surface area contributed by atoms with E-state index in [9.17, 15) is 18.0 Å². The number of hydrogen-bond acceptors (Lipinski definition) is 6. The molecule has 0 atom stereocenters. The van der Waals surface area contributed by atoms with Gasteiger partial charge in [0.05, 0.1) is 23.6 Å². The summed E-state index contributed by atoms with van der Waals surface area (Å²) in [6.07, 6.45) is 0.633. The number of carbonyl (C=O) groups excluding carboxylic acids is 2. The highest BCUT2D eigenvalue weighted by Gasteiger charge is 2.16. The smallest absolute Gasteiger partial charge is 0.306 e. The molecule has 2 aromatic rings. The molecule has 0 aliphatic rings. The first-order chi connectivity index (χ1) is 15.1. The molecule has 0 radical (unpaired) electrons. The molecule has 2 aromatic carbocycles. The van der Waals surface area contributed by atoms with Crippen LogP contribution in [0.1, 0.15) is 37.3 Å². The van der Waals surface area contributed by atoms with Crippen LogP contribution in [0.2, 0.25) is 0 Å².